The van der Waals surface area contributed by atoms with Gasteiger partial charge in [0.1, 0.15) is 72.4 Å². The van der Waals surface area contributed by atoms with E-state index < -0.39 is 0 Å². The fourth-order valence-corrected chi connectivity index (χ4v) is 8.74. The molecule has 8 aromatic rings. The molecule has 4 aliphatic rings. The summed E-state index contributed by atoms with van der Waals surface area (Å²) in [4.78, 5) is 0. The van der Waals surface area contributed by atoms with E-state index in [0.29, 0.717) is 43.5 Å². The van der Waals surface area contributed by atoms with Crippen LogP contribution in [-0.2, 0) is 0 Å². The first-order valence-corrected chi connectivity index (χ1v) is 24.2. The second-order valence-corrected chi connectivity index (χ2v) is 18.2. The van der Waals surface area contributed by atoms with Gasteiger partial charge in [-0.3, -0.25) is 0 Å². The van der Waals surface area contributed by atoms with Crippen LogP contribution in [0.25, 0.3) is 46.6 Å². The van der Waals surface area contributed by atoms with E-state index >= 15 is 0 Å². The van der Waals surface area contributed by atoms with Gasteiger partial charge in [0, 0.05) is 33.4 Å². The van der Waals surface area contributed by atoms with Crippen LogP contribution in [0.1, 0.15) is 55.6 Å². The lowest BCUT2D eigenvalue weighted by atomic mass is 9.99. The van der Waals surface area contributed by atoms with E-state index in [4.69, 9.17) is 23.7 Å². The van der Waals surface area contributed by atoms with Gasteiger partial charge in [-0.1, -0.05) is 48.5 Å². The Morgan fingerprint density at radius 3 is 1.05 bits per heavy atom. The first kappa shape index (κ1) is 51.8. The summed E-state index contributed by atoms with van der Waals surface area (Å²) < 4.78 is 27.6. The van der Waals surface area contributed by atoms with Gasteiger partial charge in [0.15, 0.2) is 23.0 Å². The maximum absolute atomic E-state index is 9.75. The summed E-state index contributed by atoms with van der Waals surface area (Å²) >= 11 is 0. The molecule has 0 aromatic heterocycles. The quantitative estimate of drug-likeness (QED) is 0.0731. The minimum atomic E-state index is -0.237. The summed E-state index contributed by atoms with van der Waals surface area (Å²) in [5.74, 6) is 3.26. The Balaban J connectivity index is 0.000000125. The Morgan fingerprint density at radius 1 is 0.338 bits per heavy atom. The molecular formula is C63H54O14. The van der Waals surface area contributed by atoms with E-state index in [-0.39, 0.29) is 51.7 Å². The standard InChI is InChI=1S/C16H14O4.2C16H14O3.C15H12O4/c1-19-13-5-2-10(3-6-13)12-8-11-4-7-14(17)15(18)16(11)20-9-12;1-10-15(18)7-4-12-8-13(9-19-16(10)12)11-2-5-14(17)6-3-11;1-10-15(18)6-5-12-7-13(9-19-16(10)12)11-3-2-4-14(17)8-11;16-12-4-1-9(2-5-12)11-7-10-3-6-13(17)14(18)15(10)19-8-11/h2-8,17-18H,9H2,1H3;2*2-8,17-18H,9H2,1H3;1-7,16-18H,8H2. The molecule has 0 spiro atoms. The van der Waals surface area contributed by atoms with Crippen LogP contribution in [0.5, 0.6) is 80.5 Å². The van der Waals surface area contributed by atoms with E-state index in [1.165, 1.54) is 12.1 Å². The van der Waals surface area contributed by atoms with Crippen LogP contribution >= 0.6 is 0 Å². The summed E-state index contributed by atoms with van der Waals surface area (Å²) in [5.41, 5.74) is 12.8. The normalized spacial score (nSPS) is 13.3. The number of hydrogen-bond acceptors (Lipinski definition) is 14. The number of methoxy groups -OCH3 is 1. The number of rotatable bonds is 5. The van der Waals surface area contributed by atoms with E-state index in [1.54, 1.807) is 79.9 Å². The highest BCUT2D eigenvalue weighted by atomic mass is 16.5. The summed E-state index contributed by atoms with van der Waals surface area (Å²) in [7, 11) is 1.63. The predicted octanol–water partition coefficient (Wildman–Crippen LogP) is 12.5. The lowest BCUT2D eigenvalue weighted by molar-refractivity contribution is 0.325. The van der Waals surface area contributed by atoms with Gasteiger partial charge in [0.2, 0.25) is 11.5 Å². The third-order valence-electron chi connectivity index (χ3n) is 13.1. The molecule has 77 heavy (non-hydrogen) atoms. The second kappa shape index (κ2) is 22.6. The Labute approximate surface area is 443 Å². The first-order chi connectivity index (χ1) is 37.1. The van der Waals surface area contributed by atoms with Crippen molar-refractivity contribution in [2.75, 3.05) is 33.5 Å². The molecule has 9 N–H and O–H groups in total. The first-order valence-electron chi connectivity index (χ1n) is 24.2. The van der Waals surface area contributed by atoms with Crippen LogP contribution in [-0.4, -0.2) is 79.5 Å². The zero-order valence-corrected chi connectivity index (χ0v) is 42.1. The molecular weight excluding hydrogens is 981 g/mol. The van der Waals surface area contributed by atoms with Gasteiger partial charge >= 0.3 is 0 Å². The molecule has 0 radical (unpaired) electrons. The predicted molar refractivity (Wildman–Crippen MR) is 296 cm³/mol. The third-order valence-corrected chi connectivity index (χ3v) is 13.1. The molecule has 0 saturated heterocycles. The molecule has 12 rings (SSSR count). The average Bonchev–Trinajstić information content (AvgIpc) is 3.46. The van der Waals surface area contributed by atoms with Gasteiger partial charge in [0.05, 0.1) is 7.11 Å². The molecule has 8 aromatic carbocycles. The van der Waals surface area contributed by atoms with Crippen molar-refractivity contribution in [1.82, 2.24) is 0 Å². The largest absolute Gasteiger partial charge is 0.508 e. The van der Waals surface area contributed by atoms with Crippen LogP contribution in [0.3, 0.4) is 0 Å². The molecule has 0 bridgehead atoms. The Kier molecular flexibility index (Phi) is 15.2. The SMILES string of the molecule is COc1ccc(C2=Cc3ccc(O)c(O)c3OC2)cc1.Cc1c(O)ccc2c1OCC(c1ccc(O)cc1)=C2.Cc1c(O)ccc2c1OCC(c1cccc(O)c1)=C2.Oc1ccc(C2=Cc3ccc(O)c(O)c3OC2)cc1. The molecule has 390 valence electrons. The molecule has 14 heteroatoms. The fourth-order valence-electron chi connectivity index (χ4n) is 8.74. The summed E-state index contributed by atoms with van der Waals surface area (Å²) in [6, 6.07) is 42.0. The molecule has 0 amide bonds. The maximum Gasteiger partial charge on any atom is 0.201 e. The van der Waals surface area contributed by atoms with Crippen molar-refractivity contribution in [1.29, 1.82) is 0 Å². The number of aromatic hydroxyl groups is 9. The minimum absolute atomic E-state index is 0.176. The molecule has 0 aliphatic carbocycles. The number of ether oxygens (including phenoxy) is 5. The smallest absolute Gasteiger partial charge is 0.201 e. The molecule has 4 aliphatic heterocycles. The van der Waals surface area contributed by atoms with Gasteiger partial charge in [-0.2, -0.15) is 0 Å². The summed E-state index contributed by atoms with van der Waals surface area (Å²) in [5, 5.41) is 85.7. The number of benzene rings is 8. The van der Waals surface area contributed by atoms with Crippen molar-refractivity contribution in [3.63, 3.8) is 0 Å². The van der Waals surface area contributed by atoms with Crippen molar-refractivity contribution < 1.29 is 69.6 Å². The highest BCUT2D eigenvalue weighted by Gasteiger charge is 2.22. The summed E-state index contributed by atoms with van der Waals surface area (Å²) in [6.07, 6.45) is 7.92. The van der Waals surface area contributed by atoms with Gasteiger partial charge in [-0.05, 0) is 180 Å². The highest BCUT2D eigenvalue weighted by molar-refractivity contribution is 5.90. The van der Waals surface area contributed by atoms with E-state index in [2.05, 4.69) is 6.08 Å². The maximum atomic E-state index is 9.75. The number of hydrogen-bond donors (Lipinski definition) is 9. The molecule has 0 atom stereocenters. The van der Waals surface area contributed by atoms with Gasteiger partial charge < -0.3 is 69.6 Å². The molecule has 0 saturated carbocycles. The number of fused-ring (bicyclic) bond motifs is 4. The van der Waals surface area contributed by atoms with E-state index in [9.17, 15) is 46.0 Å². The van der Waals surface area contributed by atoms with Crippen molar-refractivity contribution in [3.05, 3.63) is 201 Å². The summed E-state index contributed by atoms with van der Waals surface area (Å²) in [6.45, 7) is 5.21. The molecule has 0 unspecified atom stereocenters. The lowest BCUT2D eigenvalue weighted by Gasteiger charge is -2.20. The Bertz CT molecular complexity index is 3490. The topological polar surface area (TPSA) is 228 Å². The monoisotopic (exact) mass is 1030 g/mol. The van der Waals surface area contributed by atoms with E-state index in [1.807, 2.05) is 92.7 Å². The van der Waals surface area contributed by atoms with E-state index in [0.717, 1.165) is 89.6 Å². The highest BCUT2D eigenvalue weighted by Crippen LogP contribution is 2.45. The average molecular weight is 1040 g/mol. The minimum Gasteiger partial charge on any atom is -0.508 e. The van der Waals surface area contributed by atoms with Crippen molar-refractivity contribution in [2.45, 2.75) is 13.8 Å². The Hall–Kier alpha value is -10.1. The van der Waals surface area contributed by atoms with Crippen molar-refractivity contribution in [2.24, 2.45) is 0 Å². The second-order valence-electron chi connectivity index (χ2n) is 18.2. The van der Waals surface area contributed by atoms with Crippen LogP contribution in [0.15, 0.2) is 146 Å². The zero-order valence-electron chi connectivity index (χ0n) is 42.1. The number of phenols is 9. The zero-order chi connectivity index (χ0) is 54.3. The molecule has 14 nitrogen and oxygen atoms in total. The van der Waals surface area contributed by atoms with Crippen LogP contribution in [0.4, 0.5) is 0 Å². The fraction of sp³-hybridized carbons (Fsp3) is 0.111. The van der Waals surface area contributed by atoms with Crippen LogP contribution in [0.2, 0.25) is 0 Å². The van der Waals surface area contributed by atoms with Crippen LogP contribution < -0.4 is 23.7 Å². The van der Waals surface area contributed by atoms with Crippen molar-refractivity contribution in [3.8, 4) is 80.5 Å². The lowest BCUT2D eigenvalue weighted by Crippen LogP contribution is -2.07. The molecule has 4 heterocycles. The van der Waals surface area contributed by atoms with Gasteiger partial charge in [-0.15, -0.1) is 0 Å². The number of phenolic OH excluding ortho intramolecular Hbond substituents is 9. The van der Waals surface area contributed by atoms with Gasteiger partial charge in [0.25, 0.3) is 0 Å². The Morgan fingerprint density at radius 2 is 0.675 bits per heavy atom. The van der Waals surface area contributed by atoms with Crippen LogP contribution in [0, 0.1) is 13.8 Å². The van der Waals surface area contributed by atoms with Gasteiger partial charge in [-0.25, -0.2) is 0 Å². The molecule has 0 fully saturated rings. The third kappa shape index (κ3) is 11.7. The van der Waals surface area contributed by atoms with Crippen molar-refractivity contribution >= 4 is 46.6 Å².